The number of aryl methyl sites for hydroxylation is 1. The largest absolute Gasteiger partial charge is 0.493 e. The summed E-state index contributed by atoms with van der Waals surface area (Å²) >= 11 is 7.72. The van der Waals surface area contributed by atoms with Crippen molar-refractivity contribution in [1.82, 2.24) is 15.1 Å². The van der Waals surface area contributed by atoms with Gasteiger partial charge < -0.3 is 14.2 Å². The third-order valence-corrected chi connectivity index (χ3v) is 6.54. The third kappa shape index (κ3) is 5.14. The van der Waals surface area contributed by atoms with Gasteiger partial charge in [0.1, 0.15) is 15.9 Å². The normalized spacial score (nSPS) is 14.8. The Morgan fingerprint density at radius 3 is 2.42 bits per heavy atom. The zero-order valence-corrected chi connectivity index (χ0v) is 19.7. The summed E-state index contributed by atoms with van der Waals surface area (Å²) in [6, 6.07) is 3.45. The van der Waals surface area contributed by atoms with Crippen LogP contribution in [0, 0.1) is 0 Å². The smallest absolute Gasteiger partial charge is 0.266 e. The van der Waals surface area contributed by atoms with Gasteiger partial charge in [-0.05, 0) is 30.2 Å². The van der Waals surface area contributed by atoms with E-state index in [0.29, 0.717) is 37.2 Å². The molecular formula is C19H20N4O5S3. The number of hydrogen-bond donors (Lipinski definition) is 1. The van der Waals surface area contributed by atoms with Gasteiger partial charge in [0.2, 0.25) is 16.8 Å². The Morgan fingerprint density at radius 2 is 1.87 bits per heavy atom. The van der Waals surface area contributed by atoms with Gasteiger partial charge in [-0.15, -0.1) is 10.2 Å². The Balaban J connectivity index is 1.76. The van der Waals surface area contributed by atoms with Crippen LogP contribution in [-0.4, -0.2) is 59.1 Å². The fraction of sp³-hybridized carbons (Fsp3) is 0.316. The molecule has 0 bridgehead atoms. The maximum absolute atomic E-state index is 12.8. The summed E-state index contributed by atoms with van der Waals surface area (Å²) in [6.45, 7) is 1.74. The van der Waals surface area contributed by atoms with Crippen molar-refractivity contribution >= 4 is 62.7 Å². The first-order valence-electron chi connectivity index (χ1n) is 9.07. The molecule has 1 fully saturated rings. The second-order valence-corrected chi connectivity index (χ2v) is 8.87. The zero-order valence-electron chi connectivity index (χ0n) is 17.3. The number of thioether (sulfide) groups is 1. The molecule has 1 N–H and O–H groups in total. The van der Waals surface area contributed by atoms with Crippen molar-refractivity contribution in [2.24, 2.45) is 0 Å². The van der Waals surface area contributed by atoms with Gasteiger partial charge in [-0.1, -0.05) is 42.2 Å². The van der Waals surface area contributed by atoms with E-state index in [-0.39, 0.29) is 12.5 Å². The van der Waals surface area contributed by atoms with Crippen LogP contribution < -0.4 is 19.5 Å². The van der Waals surface area contributed by atoms with E-state index < -0.39 is 5.91 Å². The summed E-state index contributed by atoms with van der Waals surface area (Å²) in [5, 5.41) is 11.7. The molecule has 0 atom stereocenters. The molecule has 1 aliphatic rings. The SMILES string of the molecule is CCc1nnc(NC(=O)CN2C(=O)/C(=C/c3cc(OC)c(OC)c(OC)c3)SC2=S)s1. The number of aromatic nitrogens is 2. The second kappa shape index (κ2) is 10.1. The maximum atomic E-state index is 12.8. The van der Waals surface area contributed by atoms with E-state index in [4.69, 9.17) is 26.4 Å². The van der Waals surface area contributed by atoms with Crippen LogP contribution in [0.4, 0.5) is 5.13 Å². The Hall–Kier alpha value is -2.70. The number of amides is 2. The molecule has 0 radical (unpaired) electrons. The van der Waals surface area contributed by atoms with Crippen molar-refractivity contribution in [3.05, 3.63) is 27.6 Å². The van der Waals surface area contributed by atoms with E-state index in [9.17, 15) is 9.59 Å². The van der Waals surface area contributed by atoms with Gasteiger partial charge in [-0.25, -0.2) is 0 Å². The number of carbonyl (C=O) groups is 2. The predicted octanol–water partition coefficient (Wildman–Crippen LogP) is 2.97. The highest BCUT2D eigenvalue weighted by atomic mass is 32.2. The number of rotatable bonds is 8. The van der Waals surface area contributed by atoms with Gasteiger partial charge in [-0.2, -0.15) is 0 Å². The fourth-order valence-corrected chi connectivity index (χ4v) is 4.67. The van der Waals surface area contributed by atoms with E-state index in [2.05, 4.69) is 15.5 Å². The van der Waals surface area contributed by atoms with E-state index in [1.807, 2.05) is 6.92 Å². The monoisotopic (exact) mass is 480 g/mol. The van der Waals surface area contributed by atoms with Crippen molar-refractivity contribution in [3.63, 3.8) is 0 Å². The van der Waals surface area contributed by atoms with Gasteiger partial charge >= 0.3 is 0 Å². The molecule has 0 spiro atoms. The van der Waals surface area contributed by atoms with Crippen molar-refractivity contribution in [1.29, 1.82) is 0 Å². The molecule has 31 heavy (non-hydrogen) atoms. The number of ether oxygens (including phenoxy) is 3. The number of methoxy groups -OCH3 is 3. The lowest BCUT2D eigenvalue weighted by molar-refractivity contribution is -0.126. The zero-order chi connectivity index (χ0) is 22.5. The molecule has 1 aliphatic heterocycles. The molecule has 1 aromatic heterocycles. The number of carbonyl (C=O) groups excluding carboxylic acids is 2. The third-order valence-electron chi connectivity index (χ3n) is 4.18. The number of benzene rings is 1. The summed E-state index contributed by atoms with van der Waals surface area (Å²) in [7, 11) is 4.54. The van der Waals surface area contributed by atoms with Crippen molar-refractivity contribution in [3.8, 4) is 17.2 Å². The summed E-state index contributed by atoms with van der Waals surface area (Å²) in [5.41, 5.74) is 0.667. The van der Waals surface area contributed by atoms with Gasteiger partial charge in [0.05, 0.1) is 26.2 Å². The van der Waals surface area contributed by atoms with Crippen molar-refractivity contribution < 1.29 is 23.8 Å². The highest BCUT2D eigenvalue weighted by molar-refractivity contribution is 8.26. The van der Waals surface area contributed by atoms with Crippen LogP contribution in [0.3, 0.4) is 0 Å². The minimum atomic E-state index is -0.399. The van der Waals surface area contributed by atoms with Gasteiger partial charge in [-0.3, -0.25) is 19.8 Å². The van der Waals surface area contributed by atoms with Crippen LogP contribution in [0.25, 0.3) is 6.08 Å². The standard InChI is InChI=1S/C19H20N4O5S3/c1-5-15-21-22-18(31-15)20-14(24)9-23-17(25)13(30-19(23)29)8-10-6-11(26-2)16(28-4)12(7-10)27-3/h6-8H,5,9H2,1-4H3,(H,20,22,24)/b13-8-. The maximum Gasteiger partial charge on any atom is 0.266 e. The minimum Gasteiger partial charge on any atom is -0.493 e. The molecule has 1 saturated heterocycles. The summed E-state index contributed by atoms with van der Waals surface area (Å²) in [6.07, 6.45) is 2.40. The van der Waals surface area contributed by atoms with E-state index >= 15 is 0 Å². The average molecular weight is 481 g/mol. The minimum absolute atomic E-state index is 0.210. The van der Waals surface area contributed by atoms with Crippen LogP contribution in [0.2, 0.25) is 0 Å². The highest BCUT2D eigenvalue weighted by Crippen LogP contribution is 2.40. The van der Waals surface area contributed by atoms with Crippen molar-refractivity contribution in [2.45, 2.75) is 13.3 Å². The number of thiocarbonyl (C=S) groups is 1. The molecule has 164 valence electrons. The number of hydrogen-bond acceptors (Lipinski definition) is 10. The first-order chi connectivity index (χ1) is 14.9. The molecule has 9 nitrogen and oxygen atoms in total. The molecule has 2 heterocycles. The van der Waals surface area contributed by atoms with Crippen LogP contribution in [-0.2, 0) is 16.0 Å². The van der Waals surface area contributed by atoms with Crippen LogP contribution in [0.15, 0.2) is 17.0 Å². The molecule has 1 aromatic carbocycles. The molecule has 0 saturated carbocycles. The van der Waals surface area contributed by atoms with Gasteiger partial charge in [0.15, 0.2) is 11.5 Å². The quantitative estimate of drug-likeness (QED) is 0.451. The predicted molar refractivity (Wildman–Crippen MR) is 124 cm³/mol. The topological polar surface area (TPSA) is 103 Å². The van der Waals surface area contributed by atoms with Crippen LogP contribution in [0.5, 0.6) is 17.2 Å². The van der Waals surface area contributed by atoms with Crippen LogP contribution >= 0.6 is 35.3 Å². The Kier molecular flexibility index (Phi) is 7.46. The molecule has 2 aromatic rings. The van der Waals surface area contributed by atoms with Gasteiger partial charge in [0.25, 0.3) is 5.91 Å². The van der Waals surface area contributed by atoms with E-state index in [0.717, 1.165) is 23.2 Å². The highest BCUT2D eigenvalue weighted by Gasteiger charge is 2.33. The summed E-state index contributed by atoms with van der Waals surface area (Å²) < 4.78 is 16.3. The summed E-state index contributed by atoms with van der Waals surface area (Å²) in [5.74, 6) is 0.627. The second-order valence-electron chi connectivity index (χ2n) is 6.13. The first-order valence-corrected chi connectivity index (χ1v) is 11.1. The Morgan fingerprint density at radius 1 is 1.19 bits per heavy atom. The molecule has 0 unspecified atom stereocenters. The Labute approximate surface area is 192 Å². The molecular weight excluding hydrogens is 460 g/mol. The van der Waals surface area contributed by atoms with Crippen molar-refractivity contribution in [2.75, 3.05) is 33.2 Å². The summed E-state index contributed by atoms with van der Waals surface area (Å²) in [4.78, 5) is 26.8. The molecule has 2 amide bonds. The van der Waals surface area contributed by atoms with Gasteiger partial charge in [0, 0.05) is 0 Å². The molecule has 0 aliphatic carbocycles. The van der Waals surface area contributed by atoms with Crippen LogP contribution in [0.1, 0.15) is 17.5 Å². The lowest BCUT2D eigenvalue weighted by atomic mass is 10.1. The average Bonchev–Trinajstić information content (AvgIpc) is 3.32. The number of nitrogens with zero attached hydrogens (tertiary/aromatic N) is 3. The lowest BCUT2D eigenvalue weighted by Gasteiger charge is -2.13. The van der Waals surface area contributed by atoms with E-state index in [1.54, 1.807) is 18.2 Å². The van der Waals surface area contributed by atoms with E-state index in [1.165, 1.54) is 37.6 Å². The molecule has 12 heteroatoms. The number of anilines is 1. The lowest BCUT2D eigenvalue weighted by Crippen LogP contribution is -2.36. The Bertz CT molecular complexity index is 1030. The first kappa shape index (κ1) is 23.0. The number of nitrogens with one attached hydrogen (secondary N) is 1. The molecule has 3 rings (SSSR count). The fourth-order valence-electron chi connectivity index (χ4n) is 2.72.